The van der Waals surface area contributed by atoms with Gasteiger partial charge in [-0.2, -0.15) is 4.98 Å². The zero-order valence-electron chi connectivity index (χ0n) is 16.2. The van der Waals surface area contributed by atoms with Crippen LogP contribution in [0.15, 0.2) is 65.4 Å². The van der Waals surface area contributed by atoms with Crippen molar-refractivity contribution < 1.29 is 4.52 Å². The Bertz CT molecular complexity index is 1080. The number of nitrogens with zero attached hydrogens (tertiary/aromatic N) is 4. The van der Waals surface area contributed by atoms with Gasteiger partial charge in [-0.1, -0.05) is 66.1 Å². The molecule has 0 atom stereocenters. The predicted molar refractivity (Wildman–Crippen MR) is 116 cm³/mol. The molecule has 6 nitrogen and oxygen atoms in total. The van der Waals surface area contributed by atoms with Gasteiger partial charge in [-0.3, -0.25) is 4.90 Å². The molecule has 2 heterocycles. The summed E-state index contributed by atoms with van der Waals surface area (Å²) in [5.41, 5.74) is 3.31. The molecule has 0 fully saturated rings. The van der Waals surface area contributed by atoms with Gasteiger partial charge in [0, 0.05) is 30.2 Å². The van der Waals surface area contributed by atoms with E-state index in [4.69, 9.17) is 16.1 Å². The lowest BCUT2D eigenvalue weighted by Crippen LogP contribution is -2.28. The number of anilines is 1. The fourth-order valence-corrected chi connectivity index (χ4v) is 3.47. The molecule has 0 bridgehead atoms. The molecule has 0 saturated carbocycles. The normalized spacial score (nSPS) is 11.3. The first kappa shape index (κ1) is 19.4. The van der Waals surface area contributed by atoms with Crippen molar-refractivity contribution >= 4 is 28.5 Å². The first-order valence-corrected chi connectivity index (χ1v) is 9.99. The number of aromatic nitrogens is 3. The van der Waals surface area contributed by atoms with E-state index in [-0.39, 0.29) is 0 Å². The van der Waals surface area contributed by atoms with Crippen molar-refractivity contribution in [1.82, 2.24) is 20.0 Å². The molecule has 0 unspecified atom stereocenters. The van der Waals surface area contributed by atoms with E-state index in [2.05, 4.69) is 56.5 Å². The Morgan fingerprint density at radius 1 is 1.07 bits per heavy atom. The summed E-state index contributed by atoms with van der Waals surface area (Å²) in [7, 11) is 0. The quantitative estimate of drug-likeness (QED) is 0.449. The highest BCUT2D eigenvalue weighted by Crippen LogP contribution is 2.32. The van der Waals surface area contributed by atoms with Crippen LogP contribution < -0.4 is 5.32 Å². The smallest absolute Gasteiger partial charge is 0.263 e. The number of likely N-dealkylation sites (N-methyl/N-ethyl adjacent to an activating group) is 1. The Kier molecular flexibility index (Phi) is 6.03. The molecule has 4 aromatic rings. The molecule has 0 aliphatic heterocycles. The molecular weight excluding hydrogens is 386 g/mol. The average molecular weight is 408 g/mol. The van der Waals surface area contributed by atoms with Crippen LogP contribution in [-0.2, 0) is 6.54 Å². The van der Waals surface area contributed by atoms with Gasteiger partial charge in [0.05, 0.1) is 0 Å². The number of hydrogen-bond acceptors (Lipinski definition) is 6. The molecule has 148 valence electrons. The number of nitrogens with one attached hydrogen (secondary N) is 1. The Hall–Kier alpha value is -2.96. The molecule has 2 aromatic heterocycles. The third-order valence-corrected chi connectivity index (χ3v) is 5.02. The van der Waals surface area contributed by atoms with Crippen LogP contribution >= 0.6 is 11.6 Å². The molecule has 29 heavy (non-hydrogen) atoms. The van der Waals surface area contributed by atoms with Crippen LogP contribution in [0.5, 0.6) is 0 Å². The molecule has 7 heteroatoms. The van der Waals surface area contributed by atoms with Crippen molar-refractivity contribution in [3.63, 3.8) is 0 Å². The van der Waals surface area contributed by atoms with E-state index in [9.17, 15) is 0 Å². The van der Waals surface area contributed by atoms with Gasteiger partial charge in [-0.15, -0.1) is 0 Å². The summed E-state index contributed by atoms with van der Waals surface area (Å²) in [4.78, 5) is 11.0. The highest BCUT2D eigenvalue weighted by molar-refractivity contribution is 6.30. The van der Waals surface area contributed by atoms with E-state index in [1.54, 1.807) is 0 Å². The van der Waals surface area contributed by atoms with E-state index < -0.39 is 0 Å². The second-order valence-corrected chi connectivity index (χ2v) is 7.16. The monoisotopic (exact) mass is 407 g/mol. The average Bonchev–Trinajstić information content (AvgIpc) is 3.19. The fraction of sp³-hybridized carbons (Fsp3) is 0.227. The van der Waals surface area contributed by atoms with Crippen LogP contribution in [-0.4, -0.2) is 39.7 Å². The lowest BCUT2D eigenvalue weighted by Gasteiger charge is -2.20. The van der Waals surface area contributed by atoms with Crippen LogP contribution in [0.2, 0.25) is 5.02 Å². The number of halogens is 1. The summed E-state index contributed by atoms with van der Waals surface area (Å²) in [6, 6.07) is 18.0. The van der Waals surface area contributed by atoms with E-state index in [0.717, 1.165) is 37.1 Å². The van der Waals surface area contributed by atoms with Gasteiger partial charge in [0.15, 0.2) is 0 Å². The van der Waals surface area contributed by atoms with Crippen LogP contribution in [0, 0.1) is 0 Å². The van der Waals surface area contributed by atoms with E-state index >= 15 is 0 Å². The predicted octanol–water partition coefficient (Wildman–Crippen LogP) is 4.87. The summed E-state index contributed by atoms with van der Waals surface area (Å²) in [5, 5.41) is 9.03. The van der Waals surface area contributed by atoms with Crippen molar-refractivity contribution in [3.05, 3.63) is 71.5 Å². The first-order chi connectivity index (χ1) is 14.2. The number of benzene rings is 2. The Morgan fingerprint density at radius 2 is 1.93 bits per heavy atom. The number of fused-ring (bicyclic) bond motifs is 1. The zero-order valence-corrected chi connectivity index (χ0v) is 16.9. The third kappa shape index (κ3) is 4.55. The first-order valence-electron chi connectivity index (χ1n) is 9.61. The molecule has 0 aliphatic carbocycles. The van der Waals surface area contributed by atoms with Gasteiger partial charge in [-0.05, 0) is 24.2 Å². The molecule has 2 aromatic carbocycles. The fourth-order valence-electron chi connectivity index (χ4n) is 3.28. The van der Waals surface area contributed by atoms with E-state index in [0.29, 0.717) is 22.2 Å². The van der Waals surface area contributed by atoms with Gasteiger partial charge >= 0.3 is 0 Å². The molecule has 0 spiro atoms. The lowest BCUT2D eigenvalue weighted by atomic mass is 10.1. The minimum Gasteiger partial charge on any atom is -0.368 e. The summed E-state index contributed by atoms with van der Waals surface area (Å²) >= 11 is 6.14. The summed E-state index contributed by atoms with van der Waals surface area (Å²) in [6.45, 7) is 5.68. The molecule has 0 radical (unpaired) electrons. The second kappa shape index (κ2) is 9.03. The topological polar surface area (TPSA) is 67.1 Å². The van der Waals surface area contributed by atoms with Gasteiger partial charge in [0.1, 0.15) is 23.2 Å². The summed E-state index contributed by atoms with van der Waals surface area (Å²) in [6.07, 6.45) is 1.49. The van der Waals surface area contributed by atoms with Crippen LogP contribution in [0.1, 0.15) is 12.5 Å². The lowest BCUT2D eigenvalue weighted by molar-refractivity contribution is 0.291. The molecule has 0 saturated heterocycles. The minimum absolute atomic E-state index is 0.453. The Labute approximate surface area is 174 Å². The van der Waals surface area contributed by atoms with Crippen molar-refractivity contribution in [3.8, 4) is 11.3 Å². The zero-order chi connectivity index (χ0) is 20.1. The molecule has 0 aliphatic rings. The molecule has 4 rings (SSSR count). The van der Waals surface area contributed by atoms with Crippen molar-refractivity contribution in [2.45, 2.75) is 13.5 Å². The minimum atomic E-state index is 0.453. The standard InChI is InChI=1S/C22H22ClN5O/c1-2-28(14-16-7-4-3-5-8-16)12-11-24-21-19-20(17-9-6-10-18(23)13-17)27-29-22(19)26-15-25-21/h3-10,13,15H,2,11-12,14H2,1H3,(H,24,25,26). The van der Waals surface area contributed by atoms with Crippen LogP contribution in [0.3, 0.4) is 0 Å². The van der Waals surface area contributed by atoms with E-state index in [1.807, 2.05) is 30.3 Å². The van der Waals surface area contributed by atoms with Gasteiger partial charge < -0.3 is 9.84 Å². The third-order valence-electron chi connectivity index (χ3n) is 4.79. The van der Waals surface area contributed by atoms with Crippen molar-refractivity contribution in [1.29, 1.82) is 0 Å². The van der Waals surface area contributed by atoms with Crippen LogP contribution in [0.4, 0.5) is 5.82 Å². The van der Waals surface area contributed by atoms with Gasteiger partial charge in [-0.25, -0.2) is 4.98 Å². The van der Waals surface area contributed by atoms with Gasteiger partial charge in [0.2, 0.25) is 0 Å². The molecule has 0 amide bonds. The molecular formula is C22H22ClN5O. The van der Waals surface area contributed by atoms with Crippen LogP contribution in [0.25, 0.3) is 22.4 Å². The molecule has 1 N–H and O–H groups in total. The second-order valence-electron chi connectivity index (χ2n) is 6.73. The maximum Gasteiger partial charge on any atom is 0.263 e. The Morgan fingerprint density at radius 3 is 2.72 bits per heavy atom. The number of rotatable bonds is 8. The summed E-state index contributed by atoms with van der Waals surface area (Å²) in [5.74, 6) is 0.710. The maximum atomic E-state index is 6.14. The Balaban J connectivity index is 1.50. The van der Waals surface area contributed by atoms with Crippen molar-refractivity contribution in [2.75, 3.05) is 25.0 Å². The number of hydrogen-bond donors (Lipinski definition) is 1. The highest BCUT2D eigenvalue weighted by atomic mass is 35.5. The summed E-state index contributed by atoms with van der Waals surface area (Å²) < 4.78 is 5.42. The van der Waals surface area contributed by atoms with E-state index in [1.165, 1.54) is 11.9 Å². The van der Waals surface area contributed by atoms with Gasteiger partial charge in [0.25, 0.3) is 5.71 Å². The van der Waals surface area contributed by atoms with Crippen molar-refractivity contribution in [2.24, 2.45) is 0 Å². The maximum absolute atomic E-state index is 6.14. The highest BCUT2D eigenvalue weighted by Gasteiger charge is 2.17. The SMILES string of the molecule is CCN(CCNc1ncnc2onc(-c3cccc(Cl)c3)c12)Cc1ccccc1. The largest absolute Gasteiger partial charge is 0.368 e.